The highest BCUT2D eigenvalue weighted by Crippen LogP contribution is 2.32. The molecule has 2 amide bonds. The van der Waals surface area contributed by atoms with E-state index in [1.165, 1.54) is 23.9 Å². The van der Waals surface area contributed by atoms with Crippen LogP contribution < -0.4 is 10.9 Å². The van der Waals surface area contributed by atoms with E-state index in [-0.39, 0.29) is 11.3 Å². The second-order valence-electron chi connectivity index (χ2n) is 6.60. The van der Waals surface area contributed by atoms with Crippen LogP contribution in [0.5, 0.6) is 0 Å². The molecule has 2 N–H and O–H groups in total. The maximum absolute atomic E-state index is 12.4. The first kappa shape index (κ1) is 22.5. The van der Waals surface area contributed by atoms with E-state index in [1.54, 1.807) is 30.3 Å². The lowest BCUT2D eigenvalue weighted by Crippen LogP contribution is -2.41. The van der Waals surface area contributed by atoms with Crippen LogP contribution in [0.4, 0.5) is 5.69 Å². The Labute approximate surface area is 191 Å². The van der Waals surface area contributed by atoms with E-state index in [0.29, 0.717) is 20.7 Å². The van der Waals surface area contributed by atoms with Crippen molar-refractivity contribution in [1.29, 1.82) is 0 Å². The zero-order chi connectivity index (χ0) is 22.4. The van der Waals surface area contributed by atoms with E-state index >= 15 is 0 Å². The smallest absolute Gasteiger partial charge is 0.267 e. The summed E-state index contributed by atoms with van der Waals surface area (Å²) in [4.78, 5) is 36.1. The molecule has 0 radical (unpaired) electrons. The maximum atomic E-state index is 12.4. The van der Waals surface area contributed by atoms with E-state index in [0.717, 1.165) is 11.1 Å². The third-order valence-electron chi connectivity index (χ3n) is 4.34. The first-order valence-corrected chi connectivity index (χ1v) is 10.9. The average Bonchev–Trinajstić information content (AvgIpc) is 2.77. The van der Waals surface area contributed by atoms with Crippen LogP contribution >= 0.6 is 27.7 Å². The normalized spacial score (nSPS) is 10.4. The minimum absolute atomic E-state index is 0.0683. The number of rotatable bonds is 6. The number of benzene rings is 3. The Morgan fingerprint density at radius 3 is 2.35 bits per heavy atom. The Morgan fingerprint density at radius 1 is 1.00 bits per heavy atom. The van der Waals surface area contributed by atoms with Gasteiger partial charge in [-0.05, 0) is 52.7 Å². The van der Waals surface area contributed by atoms with E-state index in [9.17, 15) is 19.7 Å². The standard InChI is InChI=1S/C22H18BrN3O4S/c1-14-6-8-15(9-7-14)13-31-20-11-10-16(12-19(20)26(29)30)21(27)24-25-22(28)17-4-2-3-5-18(17)23/h2-12H,13H2,1H3,(H,24,27)(H,25,28). The van der Waals surface area contributed by atoms with Crippen molar-refractivity contribution in [2.75, 3.05) is 0 Å². The first-order valence-electron chi connectivity index (χ1n) is 9.17. The Hall–Kier alpha value is -3.17. The Kier molecular flexibility index (Phi) is 7.43. The summed E-state index contributed by atoms with van der Waals surface area (Å²) in [5, 5.41) is 11.5. The topological polar surface area (TPSA) is 101 Å². The minimum Gasteiger partial charge on any atom is -0.267 e. The molecule has 0 bridgehead atoms. The molecule has 3 aromatic carbocycles. The van der Waals surface area contributed by atoms with Crippen molar-refractivity contribution < 1.29 is 14.5 Å². The Bertz CT molecular complexity index is 1140. The van der Waals surface area contributed by atoms with Gasteiger partial charge in [0.1, 0.15) is 0 Å². The second kappa shape index (κ2) is 10.2. The van der Waals surface area contributed by atoms with Crippen LogP contribution in [0.2, 0.25) is 0 Å². The molecular formula is C22H18BrN3O4S. The second-order valence-corrected chi connectivity index (χ2v) is 8.47. The molecule has 0 atom stereocenters. The largest absolute Gasteiger partial charge is 0.283 e. The number of carbonyl (C=O) groups is 2. The number of nitro benzene ring substituents is 1. The zero-order valence-corrected chi connectivity index (χ0v) is 18.8. The quantitative estimate of drug-likeness (QED) is 0.281. The summed E-state index contributed by atoms with van der Waals surface area (Å²) in [6, 6.07) is 18.9. The molecule has 7 nitrogen and oxygen atoms in total. The molecule has 0 unspecified atom stereocenters. The summed E-state index contributed by atoms with van der Waals surface area (Å²) >= 11 is 4.59. The van der Waals surface area contributed by atoms with Gasteiger partial charge in [-0.2, -0.15) is 0 Å². The molecule has 0 heterocycles. The third kappa shape index (κ3) is 5.93. The Balaban J connectivity index is 1.68. The number of nitro groups is 1. The van der Waals surface area contributed by atoms with E-state index in [2.05, 4.69) is 26.8 Å². The van der Waals surface area contributed by atoms with Crippen LogP contribution in [0.25, 0.3) is 0 Å². The summed E-state index contributed by atoms with van der Waals surface area (Å²) in [7, 11) is 0. The number of hydrogen-bond acceptors (Lipinski definition) is 5. The van der Waals surface area contributed by atoms with E-state index < -0.39 is 16.7 Å². The molecule has 158 valence electrons. The molecule has 31 heavy (non-hydrogen) atoms. The van der Waals surface area contributed by atoms with Gasteiger partial charge in [-0.1, -0.05) is 42.0 Å². The number of nitrogens with one attached hydrogen (secondary N) is 2. The predicted octanol–water partition coefficient (Wildman–Crippen LogP) is 5.03. The number of aryl methyl sites for hydroxylation is 1. The lowest BCUT2D eigenvalue weighted by molar-refractivity contribution is -0.387. The summed E-state index contributed by atoms with van der Waals surface area (Å²) in [5.41, 5.74) is 7.02. The van der Waals surface area contributed by atoms with Crippen molar-refractivity contribution in [3.05, 3.63) is 104 Å². The van der Waals surface area contributed by atoms with Gasteiger partial charge in [0, 0.05) is 21.9 Å². The van der Waals surface area contributed by atoms with E-state index in [1.807, 2.05) is 31.2 Å². The lowest BCUT2D eigenvalue weighted by Gasteiger charge is -2.09. The van der Waals surface area contributed by atoms with Gasteiger partial charge in [-0.25, -0.2) is 0 Å². The van der Waals surface area contributed by atoms with Crippen LogP contribution in [0.3, 0.4) is 0 Å². The Morgan fingerprint density at radius 2 is 1.68 bits per heavy atom. The molecule has 0 aromatic heterocycles. The van der Waals surface area contributed by atoms with Gasteiger partial charge in [0.15, 0.2) is 0 Å². The maximum Gasteiger partial charge on any atom is 0.283 e. The molecule has 9 heteroatoms. The van der Waals surface area contributed by atoms with Gasteiger partial charge in [0.05, 0.1) is 15.4 Å². The van der Waals surface area contributed by atoms with Crippen LogP contribution in [0, 0.1) is 17.0 Å². The molecule has 3 aromatic rings. The highest BCUT2D eigenvalue weighted by atomic mass is 79.9. The number of nitrogens with zero attached hydrogens (tertiary/aromatic N) is 1. The van der Waals surface area contributed by atoms with Gasteiger partial charge in [-0.3, -0.25) is 30.6 Å². The van der Waals surface area contributed by atoms with Crippen LogP contribution in [0.1, 0.15) is 31.8 Å². The summed E-state index contributed by atoms with van der Waals surface area (Å²) in [5.74, 6) is -0.603. The number of halogens is 1. The van der Waals surface area contributed by atoms with Crippen molar-refractivity contribution in [1.82, 2.24) is 10.9 Å². The fraction of sp³-hybridized carbons (Fsp3) is 0.0909. The van der Waals surface area contributed by atoms with Crippen LogP contribution in [0.15, 0.2) is 76.1 Å². The molecular weight excluding hydrogens is 482 g/mol. The van der Waals surface area contributed by atoms with Gasteiger partial charge in [0.2, 0.25) is 0 Å². The summed E-state index contributed by atoms with van der Waals surface area (Å²) < 4.78 is 0.576. The summed E-state index contributed by atoms with van der Waals surface area (Å²) in [6.07, 6.45) is 0. The number of amides is 2. The SMILES string of the molecule is Cc1ccc(CSc2ccc(C(=O)NNC(=O)c3ccccc3Br)cc2[N+](=O)[O-])cc1. The molecule has 3 rings (SSSR count). The van der Waals surface area contributed by atoms with Gasteiger partial charge in [0.25, 0.3) is 17.5 Å². The molecule has 0 saturated heterocycles. The fourth-order valence-electron chi connectivity index (χ4n) is 2.67. The monoisotopic (exact) mass is 499 g/mol. The van der Waals surface area contributed by atoms with Crippen molar-refractivity contribution in [3.8, 4) is 0 Å². The van der Waals surface area contributed by atoms with Crippen LogP contribution in [-0.2, 0) is 5.75 Å². The summed E-state index contributed by atoms with van der Waals surface area (Å²) in [6.45, 7) is 1.99. The molecule has 0 saturated carbocycles. The highest BCUT2D eigenvalue weighted by molar-refractivity contribution is 9.10. The number of hydrogen-bond donors (Lipinski definition) is 2. The van der Waals surface area contributed by atoms with Gasteiger partial charge < -0.3 is 0 Å². The van der Waals surface area contributed by atoms with Crippen molar-refractivity contribution in [3.63, 3.8) is 0 Å². The number of thioether (sulfide) groups is 1. The number of hydrazine groups is 1. The molecule has 0 fully saturated rings. The van der Waals surface area contributed by atoms with E-state index in [4.69, 9.17) is 0 Å². The van der Waals surface area contributed by atoms with Gasteiger partial charge in [-0.15, -0.1) is 11.8 Å². The van der Waals surface area contributed by atoms with Crippen molar-refractivity contribution in [2.45, 2.75) is 17.6 Å². The third-order valence-corrected chi connectivity index (χ3v) is 6.17. The lowest BCUT2D eigenvalue weighted by atomic mass is 10.2. The molecule has 0 aliphatic heterocycles. The molecule has 0 aliphatic rings. The molecule has 0 aliphatic carbocycles. The zero-order valence-electron chi connectivity index (χ0n) is 16.4. The van der Waals surface area contributed by atoms with Crippen molar-refractivity contribution in [2.24, 2.45) is 0 Å². The van der Waals surface area contributed by atoms with Crippen molar-refractivity contribution >= 4 is 45.2 Å². The minimum atomic E-state index is -0.654. The number of carbonyl (C=O) groups excluding carboxylic acids is 2. The predicted molar refractivity (Wildman–Crippen MR) is 123 cm³/mol. The molecule has 0 spiro atoms. The average molecular weight is 500 g/mol. The van der Waals surface area contributed by atoms with Crippen LogP contribution in [-0.4, -0.2) is 16.7 Å². The van der Waals surface area contributed by atoms with Gasteiger partial charge >= 0.3 is 0 Å². The highest BCUT2D eigenvalue weighted by Gasteiger charge is 2.19. The fourth-order valence-corrected chi connectivity index (χ4v) is 4.09. The first-order chi connectivity index (χ1) is 14.8.